The highest BCUT2D eigenvalue weighted by molar-refractivity contribution is 6.04. The Labute approximate surface area is 104 Å². The molecule has 0 aliphatic heterocycles. The Hall–Kier alpha value is -1.95. The fourth-order valence-corrected chi connectivity index (χ4v) is 1.75. The molecule has 0 atom stereocenters. The summed E-state index contributed by atoms with van der Waals surface area (Å²) in [7, 11) is 3.91. The van der Waals surface area contributed by atoms with Crippen LogP contribution in [0.1, 0.15) is 10.4 Å². The van der Waals surface area contributed by atoms with Gasteiger partial charge in [0.05, 0.1) is 12.1 Å². The molecular weight excluding hydrogens is 235 g/mol. The van der Waals surface area contributed by atoms with Crippen molar-refractivity contribution >= 4 is 16.8 Å². The van der Waals surface area contributed by atoms with E-state index in [0.717, 1.165) is 12.6 Å². The highest BCUT2D eigenvalue weighted by Crippen LogP contribution is 2.19. The van der Waals surface area contributed by atoms with Crippen LogP contribution in [0, 0.1) is 5.82 Å². The van der Waals surface area contributed by atoms with Crippen molar-refractivity contribution in [3.63, 3.8) is 0 Å². The molecule has 0 fully saturated rings. The molecule has 5 nitrogen and oxygen atoms in total. The van der Waals surface area contributed by atoms with E-state index in [9.17, 15) is 9.18 Å². The van der Waals surface area contributed by atoms with Gasteiger partial charge in [-0.1, -0.05) is 0 Å². The van der Waals surface area contributed by atoms with Gasteiger partial charge >= 0.3 is 0 Å². The zero-order valence-corrected chi connectivity index (χ0v) is 10.4. The fourth-order valence-electron chi connectivity index (χ4n) is 1.75. The van der Waals surface area contributed by atoms with Crippen LogP contribution in [0.3, 0.4) is 0 Å². The number of carbonyl (C=O) groups is 1. The van der Waals surface area contributed by atoms with Crippen LogP contribution in [0.5, 0.6) is 0 Å². The highest BCUT2D eigenvalue weighted by Gasteiger charge is 2.12. The van der Waals surface area contributed by atoms with Gasteiger partial charge in [0.25, 0.3) is 5.91 Å². The highest BCUT2D eigenvalue weighted by atomic mass is 19.1. The molecule has 6 heteroatoms. The summed E-state index contributed by atoms with van der Waals surface area (Å²) in [6, 6.07) is 2.47. The van der Waals surface area contributed by atoms with Gasteiger partial charge in [0.1, 0.15) is 11.3 Å². The monoisotopic (exact) mass is 250 g/mol. The van der Waals surface area contributed by atoms with Gasteiger partial charge in [-0.05, 0) is 26.2 Å². The van der Waals surface area contributed by atoms with E-state index in [2.05, 4.69) is 5.10 Å². The van der Waals surface area contributed by atoms with E-state index in [1.165, 1.54) is 6.07 Å². The van der Waals surface area contributed by atoms with Gasteiger partial charge in [-0.25, -0.2) is 4.39 Å². The van der Waals surface area contributed by atoms with Crippen LogP contribution in [0.2, 0.25) is 0 Å². The molecule has 1 aromatic carbocycles. The van der Waals surface area contributed by atoms with E-state index in [4.69, 9.17) is 5.73 Å². The number of halogens is 1. The number of hydrogen-bond donors (Lipinski definition) is 1. The zero-order chi connectivity index (χ0) is 13.3. The Morgan fingerprint density at radius 2 is 2.22 bits per heavy atom. The Bertz CT molecular complexity index is 591. The molecule has 0 saturated carbocycles. The quantitative estimate of drug-likeness (QED) is 0.874. The van der Waals surface area contributed by atoms with E-state index in [1.807, 2.05) is 19.0 Å². The lowest BCUT2D eigenvalue weighted by molar-refractivity contribution is 0.100. The van der Waals surface area contributed by atoms with Gasteiger partial charge in [0, 0.05) is 18.1 Å². The van der Waals surface area contributed by atoms with Crippen molar-refractivity contribution in [3.05, 3.63) is 29.7 Å². The maximum atomic E-state index is 13.3. The van der Waals surface area contributed by atoms with Crippen molar-refractivity contribution in [1.29, 1.82) is 0 Å². The van der Waals surface area contributed by atoms with E-state index in [0.29, 0.717) is 17.4 Å². The summed E-state index contributed by atoms with van der Waals surface area (Å²) in [5.74, 6) is -1.15. The second kappa shape index (κ2) is 4.73. The van der Waals surface area contributed by atoms with E-state index in [-0.39, 0.29) is 5.56 Å². The molecule has 0 spiro atoms. The first-order chi connectivity index (χ1) is 8.47. The Balaban J connectivity index is 2.43. The molecule has 0 aliphatic rings. The van der Waals surface area contributed by atoms with Crippen molar-refractivity contribution in [2.75, 3.05) is 20.6 Å². The Morgan fingerprint density at radius 3 is 2.83 bits per heavy atom. The number of primary amides is 1. The van der Waals surface area contributed by atoms with Gasteiger partial charge < -0.3 is 10.6 Å². The third kappa shape index (κ3) is 2.48. The lowest BCUT2D eigenvalue weighted by atomic mass is 10.1. The number of nitrogens with zero attached hydrogens (tertiary/aromatic N) is 3. The summed E-state index contributed by atoms with van der Waals surface area (Å²) < 4.78 is 15.0. The van der Waals surface area contributed by atoms with Gasteiger partial charge in [-0.2, -0.15) is 5.10 Å². The normalized spacial score (nSPS) is 11.3. The first kappa shape index (κ1) is 12.5. The number of nitrogens with two attached hydrogens (primary N) is 1. The van der Waals surface area contributed by atoms with Crippen LogP contribution in [0.25, 0.3) is 10.9 Å². The van der Waals surface area contributed by atoms with Crippen molar-refractivity contribution in [2.45, 2.75) is 6.54 Å². The predicted octanol–water partition coefficient (Wildman–Crippen LogP) is 0.836. The average Bonchev–Trinajstić information content (AvgIpc) is 2.67. The van der Waals surface area contributed by atoms with E-state index < -0.39 is 11.7 Å². The predicted molar refractivity (Wildman–Crippen MR) is 66.8 cm³/mol. The van der Waals surface area contributed by atoms with Crippen LogP contribution in [0.15, 0.2) is 18.3 Å². The summed E-state index contributed by atoms with van der Waals surface area (Å²) >= 11 is 0. The number of amides is 1. The summed E-state index contributed by atoms with van der Waals surface area (Å²) in [4.78, 5) is 13.3. The molecular formula is C12H15FN4O. The molecule has 1 aromatic heterocycles. The maximum Gasteiger partial charge on any atom is 0.251 e. The summed E-state index contributed by atoms with van der Waals surface area (Å²) in [6.07, 6.45) is 1.72. The van der Waals surface area contributed by atoms with Gasteiger partial charge in [-0.15, -0.1) is 0 Å². The number of aromatic nitrogens is 2. The molecule has 0 unspecified atom stereocenters. The largest absolute Gasteiger partial charge is 0.366 e. The molecule has 1 heterocycles. The van der Waals surface area contributed by atoms with E-state index >= 15 is 0 Å². The topological polar surface area (TPSA) is 64.2 Å². The minimum absolute atomic E-state index is 0.119. The third-order valence-electron chi connectivity index (χ3n) is 2.66. The number of likely N-dealkylation sites (N-methyl/N-ethyl adjacent to an activating group) is 1. The zero-order valence-electron chi connectivity index (χ0n) is 10.4. The second-order valence-electron chi connectivity index (χ2n) is 4.45. The molecule has 0 bridgehead atoms. The number of fused-ring (bicyclic) bond motifs is 1. The smallest absolute Gasteiger partial charge is 0.251 e. The van der Waals surface area contributed by atoms with Gasteiger partial charge in [-0.3, -0.25) is 9.48 Å². The van der Waals surface area contributed by atoms with Crippen LogP contribution in [-0.4, -0.2) is 41.2 Å². The summed E-state index contributed by atoms with van der Waals surface area (Å²) in [5, 5.41) is 4.86. The lowest BCUT2D eigenvalue weighted by Crippen LogP contribution is -2.18. The first-order valence-corrected chi connectivity index (χ1v) is 5.58. The minimum Gasteiger partial charge on any atom is -0.366 e. The van der Waals surface area contributed by atoms with Gasteiger partial charge in [0.15, 0.2) is 0 Å². The Kier molecular flexibility index (Phi) is 3.29. The minimum atomic E-state index is -0.669. The van der Waals surface area contributed by atoms with Crippen molar-refractivity contribution < 1.29 is 9.18 Å². The maximum absolute atomic E-state index is 13.3. The first-order valence-electron chi connectivity index (χ1n) is 5.58. The van der Waals surface area contributed by atoms with Crippen molar-refractivity contribution in [3.8, 4) is 0 Å². The standard InChI is InChI=1S/C12H15FN4O/c1-16(2)3-4-17-7-8-5-9(13)6-10(12(14)18)11(8)15-17/h5-7H,3-4H2,1-2H3,(H2,14,18). The summed E-state index contributed by atoms with van der Waals surface area (Å²) in [5.41, 5.74) is 5.78. The summed E-state index contributed by atoms with van der Waals surface area (Å²) in [6.45, 7) is 1.48. The molecule has 1 amide bonds. The fraction of sp³-hybridized carbons (Fsp3) is 0.333. The SMILES string of the molecule is CN(C)CCn1cc2cc(F)cc(C(N)=O)c2n1. The molecule has 0 aliphatic carbocycles. The van der Waals surface area contributed by atoms with Crippen LogP contribution >= 0.6 is 0 Å². The second-order valence-corrected chi connectivity index (χ2v) is 4.45. The molecule has 2 aromatic rings. The molecule has 96 valence electrons. The van der Waals surface area contributed by atoms with Crippen molar-refractivity contribution in [2.24, 2.45) is 5.73 Å². The van der Waals surface area contributed by atoms with E-state index in [1.54, 1.807) is 10.9 Å². The van der Waals surface area contributed by atoms with Crippen LogP contribution in [0.4, 0.5) is 4.39 Å². The van der Waals surface area contributed by atoms with Crippen molar-refractivity contribution in [1.82, 2.24) is 14.7 Å². The number of carbonyl (C=O) groups excluding carboxylic acids is 1. The van der Waals surface area contributed by atoms with Gasteiger partial charge in [0.2, 0.25) is 0 Å². The van der Waals surface area contributed by atoms with Crippen LogP contribution < -0.4 is 5.73 Å². The molecule has 0 saturated heterocycles. The number of benzene rings is 1. The molecule has 2 rings (SSSR count). The Morgan fingerprint density at radius 1 is 1.50 bits per heavy atom. The number of hydrogen-bond acceptors (Lipinski definition) is 3. The lowest BCUT2D eigenvalue weighted by Gasteiger charge is -2.08. The van der Waals surface area contributed by atoms with Crippen LogP contribution in [-0.2, 0) is 6.54 Å². The third-order valence-corrected chi connectivity index (χ3v) is 2.66. The molecule has 0 radical (unpaired) electrons. The average molecular weight is 250 g/mol. The molecule has 18 heavy (non-hydrogen) atoms. The molecule has 2 N–H and O–H groups in total. The number of rotatable bonds is 4.